The van der Waals surface area contributed by atoms with Gasteiger partial charge < -0.3 is 10.1 Å². The third kappa shape index (κ3) is 4.20. The fraction of sp³-hybridized carbons (Fsp3) is 0.500. The first-order chi connectivity index (χ1) is 9.63. The van der Waals surface area contributed by atoms with Crippen molar-refractivity contribution in [3.05, 3.63) is 23.8 Å². The van der Waals surface area contributed by atoms with Crippen molar-refractivity contribution in [2.24, 2.45) is 0 Å². The van der Waals surface area contributed by atoms with Gasteiger partial charge in [-0.1, -0.05) is 15.9 Å². The molecule has 7 heteroatoms. The van der Waals surface area contributed by atoms with E-state index in [1.165, 1.54) is 13.8 Å². The molecular formula is C14H20BrNO4S. The molecule has 0 saturated heterocycles. The number of carbonyl (C=O) groups is 1. The summed E-state index contributed by atoms with van der Waals surface area (Å²) < 4.78 is 27.3. The summed E-state index contributed by atoms with van der Waals surface area (Å²) in [5.41, 5.74) is 1.42. The van der Waals surface area contributed by atoms with Gasteiger partial charge in [-0.3, -0.25) is 4.79 Å². The molecule has 1 aromatic carbocycles. The molecule has 0 atom stereocenters. The average Bonchev–Trinajstić information content (AvgIpc) is 2.39. The predicted molar refractivity (Wildman–Crippen MR) is 87.8 cm³/mol. The number of carbonyl (C=O) groups excluding carboxylic acids is 1. The number of benzene rings is 1. The second-order valence-electron chi connectivity index (χ2n) is 5.13. The molecule has 0 aliphatic rings. The van der Waals surface area contributed by atoms with Gasteiger partial charge in [-0.2, -0.15) is 0 Å². The van der Waals surface area contributed by atoms with Crippen LogP contribution < -0.4 is 10.1 Å². The van der Waals surface area contributed by atoms with E-state index in [-0.39, 0.29) is 0 Å². The van der Waals surface area contributed by atoms with Crippen molar-refractivity contribution in [3.63, 3.8) is 0 Å². The van der Waals surface area contributed by atoms with Crippen molar-refractivity contribution in [1.29, 1.82) is 0 Å². The van der Waals surface area contributed by atoms with Crippen LogP contribution in [0.4, 0.5) is 5.69 Å². The zero-order valence-electron chi connectivity index (χ0n) is 12.6. The molecule has 0 radical (unpaired) electrons. The van der Waals surface area contributed by atoms with E-state index in [0.717, 1.165) is 17.6 Å². The highest BCUT2D eigenvalue weighted by Gasteiger charge is 2.38. The molecule has 1 aromatic rings. The van der Waals surface area contributed by atoms with E-state index in [1.807, 2.05) is 6.92 Å². The van der Waals surface area contributed by atoms with Gasteiger partial charge in [-0.25, -0.2) is 8.42 Å². The minimum Gasteiger partial charge on any atom is -0.494 e. The first-order valence-electron chi connectivity index (χ1n) is 6.46. The maximum Gasteiger partial charge on any atom is 0.245 e. The van der Waals surface area contributed by atoms with Gasteiger partial charge in [-0.05, 0) is 39.0 Å². The molecule has 1 rings (SSSR count). The number of amides is 1. The van der Waals surface area contributed by atoms with Gasteiger partial charge in [0.15, 0.2) is 9.84 Å². The van der Waals surface area contributed by atoms with Crippen LogP contribution in [0.2, 0.25) is 0 Å². The molecule has 0 aliphatic heterocycles. The van der Waals surface area contributed by atoms with Crippen LogP contribution in [0.25, 0.3) is 0 Å². The lowest BCUT2D eigenvalue weighted by Gasteiger charge is -2.21. The molecule has 0 saturated carbocycles. The number of rotatable bonds is 6. The lowest BCUT2D eigenvalue weighted by atomic mass is 10.1. The largest absolute Gasteiger partial charge is 0.494 e. The molecule has 0 heterocycles. The van der Waals surface area contributed by atoms with Gasteiger partial charge in [0.25, 0.3) is 0 Å². The Morgan fingerprint density at radius 2 is 2.00 bits per heavy atom. The van der Waals surface area contributed by atoms with Crippen LogP contribution >= 0.6 is 15.9 Å². The van der Waals surface area contributed by atoms with E-state index in [9.17, 15) is 13.2 Å². The highest BCUT2D eigenvalue weighted by Crippen LogP contribution is 2.26. The van der Waals surface area contributed by atoms with E-state index >= 15 is 0 Å². The Morgan fingerprint density at radius 1 is 1.38 bits per heavy atom. The molecule has 0 bridgehead atoms. The van der Waals surface area contributed by atoms with Crippen LogP contribution in [0.3, 0.4) is 0 Å². The molecule has 0 spiro atoms. The SMILES string of the molecule is CCOc1ccc(NC(=O)C(C)(C)S(C)(=O)=O)cc1CBr. The summed E-state index contributed by atoms with van der Waals surface area (Å²) in [5, 5.41) is 3.21. The van der Waals surface area contributed by atoms with Crippen LogP contribution in [-0.2, 0) is 20.0 Å². The second-order valence-corrected chi connectivity index (χ2v) is 8.25. The van der Waals surface area contributed by atoms with Crippen molar-refractivity contribution in [3.8, 4) is 5.75 Å². The van der Waals surface area contributed by atoms with Crippen molar-refractivity contribution >= 4 is 37.4 Å². The van der Waals surface area contributed by atoms with E-state index in [1.54, 1.807) is 18.2 Å². The Kier molecular flexibility index (Phi) is 5.81. The zero-order valence-corrected chi connectivity index (χ0v) is 15.0. The summed E-state index contributed by atoms with van der Waals surface area (Å²) in [6, 6.07) is 5.20. The normalized spacial score (nSPS) is 12.0. The van der Waals surface area contributed by atoms with Crippen molar-refractivity contribution in [2.75, 3.05) is 18.2 Å². The number of hydrogen-bond donors (Lipinski definition) is 1. The third-order valence-electron chi connectivity index (χ3n) is 3.24. The van der Waals surface area contributed by atoms with Gasteiger partial charge in [0.1, 0.15) is 10.5 Å². The fourth-order valence-corrected chi connectivity index (χ4v) is 2.33. The number of hydrogen-bond acceptors (Lipinski definition) is 4. The van der Waals surface area contributed by atoms with E-state index in [4.69, 9.17) is 4.74 Å². The molecule has 5 nitrogen and oxygen atoms in total. The molecule has 0 aliphatic carbocycles. The second kappa shape index (κ2) is 6.79. The van der Waals surface area contributed by atoms with Gasteiger partial charge in [0, 0.05) is 22.8 Å². The Hall–Kier alpha value is -1.08. The molecular weight excluding hydrogens is 358 g/mol. The summed E-state index contributed by atoms with van der Waals surface area (Å²) in [4.78, 5) is 12.2. The molecule has 1 N–H and O–H groups in total. The Balaban J connectivity index is 3.01. The zero-order chi connectivity index (χ0) is 16.3. The average molecular weight is 378 g/mol. The number of sulfone groups is 1. The summed E-state index contributed by atoms with van der Waals surface area (Å²) in [6.07, 6.45) is 1.05. The number of ether oxygens (including phenoxy) is 1. The molecule has 0 unspecified atom stereocenters. The first-order valence-corrected chi connectivity index (χ1v) is 9.47. The highest BCUT2D eigenvalue weighted by atomic mass is 79.9. The van der Waals surface area contributed by atoms with Crippen LogP contribution in [0.15, 0.2) is 18.2 Å². The van der Waals surface area contributed by atoms with E-state index in [0.29, 0.717) is 17.6 Å². The van der Waals surface area contributed by atoms with E-state index in [2.05, 4.69) is 21.2 Å². The fourth-order valence-electron chi connectivity index (χ4n) is 1.51. The monoisotopic (exact) mass is 377 g/mol. The first kappa shape index (κ1) is 18.0. The Morgan fingerprint density at radius 3 is 2.48 bits per heavy atom. The number of alkyl halides is 1. The molecule has 0 fully saturated rings. The van der Waals surface area contributed by atoms with Crippen molar-refractivity contribution < 1.29 is 17.9 Å². The summed E-state index contributed by atoms with van der Waals surface area (Å²) in [6.45, 7) is 5.21. The minimum absolute atomic E-state index is 0.537. The lowest BCUT2D eigenvalue weighted by Crippen LogP contribution is -2.43. The van der Waals surface area contributed by atoms with Gasteiger partial charge in [0.05, 0.1) is 6.61 Å². The Bertz CT molecular complexity index is 626. The minimum atomic E-state index is -3.50. The van der Waals surface area contributed by atoms with Crippen LogP contribution in [0.1, 0.15) is 26.3 Å². The van der Waals surface area contributed by atoms with Crippen molar-refractivity contribution in [2.45, 2.75) is 30.8 Å². The standard InChI is InChI=1S/C14H20BrNO4S/c1-5-20-12-7-6-11(8-10(12)9-15)16-13(17)14(2,3)21(4,18)19/h6-8H,5,9H2,1-4H3,(H,16,17). The van der Waals surface area contributed by atoms with Crippen molar-refractivity contribution in [1.82, 2.24) is 0 Å². The lowest BCUT2D eigenvalue weighted by molar-refractivity contribution is -0.117. The van der Waals surface area contributed by atoms with E-state index < -0.39 is 20.5 Å². The summed E-state index contributed by atoms with van der Waals surface area (Å²) in [7, 11) is -3.50. The predicted octanol–water partition coefficient (Wildman–Crippen LogP) is 2.74. The van der Waals surface area contributed by atoms with Gasteiger partial charge >= 0.3 is 0 Å². The quantitative estimate of drug-likeness (QED) is 0.773. The third-order valence-corrected chi connectivity index (χ3v) is 5.88. The molecule has 21 heavy (non-hydrogen) atoms. The number of nitrogens with one attached hydrogen (secondary N) is 1. The topological polar surface area (TPSA) is 72.5 Å². The number of anilines is 1. The smallest absolute Gasteiger partial charge is 0.245 e. The maximum atomic E-state index is 12.2. The Labute approximate surface area is 134 Å². The van der Waals surface area contributed by atoms with Crippen LogP contribution in [0.5, 0.6) is 5.75 Å². The summed E-state index contributed by atoms with van der Waals surface area (Å²) >= 11 is 3.36. The summed E-state index contributed by atoms with van der Waals surface area (Å²) in [5.74, 6) is 0.171. The molecule has 118 valence electrons. The van der Waals surface area contributed by atoms with Gasteiger partial charge in [-0.15, -0.1) is 0 Å². The van der Waals surface area contributed by atoms with Gasteiger partial charge in [0.2, 0.25) is 5.91 Å². The maximum absolute atomic E-state index is 12.2. The highest BCUT2D eigenvalue weighted by molar-refractivity contribution is 9.08. The molecule has 1 amide bonds. The molecule has 0 aromatic heterocycles. The number of halogens is 1. The van der Waals surface area contributed by atoms with Crippen LogP contribution in [-0.4, -0.2) is 31.9 Å². The van der Waals surface area contributed by atoms with Crippen LogP contribution in [0, 0.1) is 0 Å².